The van der Waals surface area contributed by atoms with E-state index in [9.17, 15) is 5.26 Å². The molecule has 0 spiro atoms. The molecule has 3 aliphatic heterocycles. The van der Waals surface area contributed by atoms with Crippen LogP contribution in [0.4, 0.5) is 5.69 Å². The van der Waals surface area contributed by atoms with Gasteiger partial charge in [-0.15, -0.1) is 0 Å². The molecule has 0 atom stereocenters. The molecule has 1 aromatic rings. The molecule has 4 rings (SSSR count). The lowest BCUT2D eigenvalue weighted by molar-refractivity contribution is 0.0356. The lowest BCUT2D eigenvalue weighted by Gasteiger charge is -2.48. The average molecular weight is 444 g/mol. The summed E-state index contributed by atoms with van der Waals surface area (Å²) in [6, 6.07) is 6.71. The number of nitrogens with zero attached hydrogens (tertiary/aromatic N) is 3. The van der Waals surface area contributed by atoms with E-state index in [2.05, 4.69) is 55.6 Å². The van der Waals surface area contributed by atoms with Crippen molar-refractivity contribution in [3.63, 3.8) is 0 Å². The van der Waals surface area contributed by atoms with Crippen LogP contribution in [0.5, 0.6) is 0 Å². The van der Waals surface area contributed by atoms with Gasteiger partial charge in [-0.25, -0.2) is 10.1 Å². The molecule has 0 N–H and O–H groups in total. The second-order valence-corrected chi connectivity index (χ2v) is 11.2. The highest BCUT2D eigenvalue weighted by atomic mass is 16.5. The molecule has 3 heterocycles. The molecule has 0 fully saturated rings. The molecule has 0 aliphatic carbocycles. The van der Waals surface area contributed by atoms with Gasteiger partial charge in [-0.1, -0.05) is 41.2 Å². The highest BCUT2D eigenvalue weighted by molar-refractivity contribution is 5.72. The summed E-state index contributed by atoms with van der Waals surface area (Å²) in [5.41, 5.74) is 6.23. The molecular formula is C29H37N3O. The summed E-state index contributed by atoms with van der Waals surface area (Å²) in [5, 5.41) is 9.32. The van der Waals surface area contributed by atoms with Gasteiger partial charge < -0.3 is 9.64 Å². The standard InChI is InChI=1S/C28H33N3O.CH4/c1-26(2)10-12-31-13-11-27(3,4)23-15-19(14-22(26)25(23)31)8-9-21-16-20(24(18-29)30-7)17-28(5,6)32-21;/h8-9,14-16H,10-13,17H2,1-6H3;1H4/b9-8+,24-20+;. The van der Waals surface area contributed by atoms with E-state index in [0.717, 1.165) is 31.5 Å². The molecule has 4 nitrogen and oxygen atoms in total. The largest absolute Gasteiger partial charge is 0.488 e. The number of rotatable bonds is 2. The lowest BCUT2D eigenvalue weighted by atomic mass is 9.69. The minimum absolute atomic E-state index is 0. The first kappa shape index (κ1) is 24.7. The molecule has 174 valence electrons. The Morgan fingerprint density at radius 1 is 1.06 bits per heavy atom. The van der Waals surface area contributed by atoms with E-state index < -0.39 is 5.60 Å². The van der Waals surface area contributed by atoms with E-state index >= 15 is 0 Å². The van der Waals surface area contributed by atoms with Gasteiger partial charge in [0, 0.05) is 25.2 Å². The highest BCUT2D eigenvalue weighted by Crippen LogP contribution is 2.49. The molecule has 0 saturated heterocycles. The molecule has 3 aliphatic rings. The van der Waals surface area contributed by atoms with Gasteiger partial charge in [-0.05, 0) is 84.1 Å². The Hall–Kier alpha value is -2.98. The van der Waals surface area contributed by atoms with Gasteiger partial charge in [0.15, 0.2) is 0 Å². The fourth-order valence-electron chi connectivity index (χ4n) is 5.21. The van der Waals surface area contributed by atoms with E-state index in [1.165, 1.54) is 22.4 Å². The second-order valence-electron chi connectivity index (χ2n) is 11.2. The van der Waals surface area contributed by atoms with Crippen molar-refractivity contribution in [2.45, 2.75) is 84.7 Å². The van der Waals surface area contributed by atoms with Gasteiger partial charge >= 0.3 is 0 Å². The van der Waals surface area contributed by atoms with Gasteiger partial charge in [-0.2, -0.15) is 0 Å². The first-order valence-corrected chi connectivity index (χ1v) is 11.5. The van der Waals surface area contributed by atoms with Crippen LogP contribution >= 0.6 is 0 Å². The molecular weight excluding hydrogens is 406 g/mol. The third kappa shape index (κ3) is 4.58. The van der Waals surface area contributed by atoms with Gasteiger partial charge in [0.1, 0.15) is 11.4 Å². The van der Waals surface area contributed by atoms with Crippen molar-refractivity contribution in [1.29, 1.82) is 5.26 Å². The topological polar surface area (TPSA) is 40.6 Å². The molecule has 0 aromatic heterocycles. The summed E-state index contributed by atoms with van der Waals surface area (Å²) in [4.78, 5) is 5.98. The number of hydrogen-bond acceptors (Lipinski definition) is 3. The maximum Gasteiger partial charge on any atom is 0.265 e. The molecule has 1 aromatic carbocycles. The first-order chi connectivity index (χ1) is 15.0. The molecule has 0 unspecified atom stereocenters. The Kier molecular flexibility index (Phi) is 6.29. The Labute approximate surface area is 200 Å². The molecule has 33 heavy (non-hydrogen) atoms. The van der Waals surface area contributed by atoms with Gasteiger partial charge in [-0.3, -0.25) is 0 Å². The zero-order valence-corrected chi connectivity index (χ0v) is 20.2. The molecule has 0 amide bonds. The van der Waals surface area contributed by atoms with Crippen molar-refractivity contribution in [2.75, 3.05) is 18.0 Å². The number of benzene rings is 1. The van der Waals surface area contributed by atoms with Gasteiger partial charge in [0.25, 0.3) is 5.70 Å². The van der Waals surface area contributed by atoms with Crippen LogP contribution in [-0.2, 0) is 15.6 Å². The van der Waals surface area contributed by atoms with Crippen LogP contribution in [0.3, 0.4) is 0 Å². The molecule has 0 bridgehead atoms. The van der Waals surface area contributed by atoms with Gasteiger partial charge in [0.2, 0.25) is 0 Å². The predicted molar refractivity (Wildman–Crippen MR) is 137 cm³/mol. The minimum Gasteiger partial charge on any atom is -0.488 e. The lowest BCUT2D eigenvalue weighted by Crippen LogP contribution is -2.44. The smallest absolute Gasteiger partial charge is 0.265 e. The van der Waals surface area contributed by atoms with Crippen molar-refractivity contribution >= 4 is 11.8 Å². The Bertz CT molecular complexity index is 1080. The zero-order valence-electron chi connectivity index (χ0n) is 20.2. The highest BCUT2D eigenvalue weighted by Gasteiger charge is 2.39. The van der Waals surface area contributed by atoms with Crippen LogP contribution in [0, 0.1) is 17.9 Å². The Morgan fingerprint density at radius 2 is 1.64 bits per heavy atom. The monoisotopic (exact) mass is 443 g/mol. The maximum atomic E-state index is 9.32. The van der Waals surface area contributed by atoms with Crippen molar-refractivity contribution < 1.29 is 4.74 Å². The fourth-order valence-corrected chi connectivity index (χ4v) is 5.21. The van der Waals surface area contributed by atoms with E-state index in [0.29, 0.717) is 12.2 Å². The Morgan fingerprint density at radius 3 is 2.15 bits per heavy atom. The van der Waals surface area contributed by atoms with E-state index in [1.54, 1.807) is 0 Å². The average Bonchev–Trinajstić information content (AvgIpc) is 2.71. The number of anilines is 1. The predicted octanol–water partition coefficient (Wildman–Crippen LogP) is 7.28. The molecule has 0 radical (unpaired) electrons. The summed E-state index contributed by atoms with van der Waals surface area (Å²) >= 11 is 0. The van der Waals surface area contributed by atoms with Crippen LogP contribution in [0.25, 0.3) is 10.9 Å². The van der Waals surface area contributed by atoms with Crippen LogP contribution in [0.1, 0.15) is 84.9 Å². The second kappa shape index (κ2) is 8.42. The van der Waals surface area contributed by atoms with Crippen molar-refractivity contribution in [1.82, 2.24) is 0 Å². The van der Waals surface area contributed by atoms with E-state index in [4.69, 9.17) is 11.3 Å². The first-order valence-electron chi connectivity index (χ1n) is 11.5. The van der Waals surface area contributed by atoms with Crippen LogP contribution in [0.15, 0.2) is 41.3 Å². The molecule has 0 saturated carbocycles. The SMILES string of the molecule is C.[C-]#[N+]/C(C#N)=C1C=C(/C=C/c2cc3c4c(c2)C(C)(C)CCN4CCC3(C)C)OC(C)(C)C\1. The van der Waals surface area contributed by atoms with E-state index in [1.807, 2.05) is 32.1 Å². The maximum absolute atomic E-state index is 9.32. The third-order valence-corrected chi connectivity index (χ3v) is 7.21. The number of hydrogen-bond donors (Lipinski definition) is 0. The van der Waals surface area contributed by atoms with Crippen LogP contribution in [-0.4, -0.2) is 18.7 Å². The summed E-state index contributed by atoms with van der Waals surface area (Å²) in [5.74, 6) is 0.694. The summed E-state index contributed by atoms with van der Waals surface area (Å²) in [6.45, 7) is 23.0. The quantitative estimate of drug-likeness (QED) is 0.356. The van der Waals surface area contributed by atoms with Crippen molar-refractivity contribution in [3.8, 4) is 6.07 Å². The van der Waals surface area contributed by atoms with Crippen molar-refractivity contribution in [3.05, 3.63) is 69.4 Å². The zero-order chi connectivity index (χ0) is 23.3. The Balaban J connectivity index is 0.00000306. The van der Waals surface area contributed by atoms with Crippen LogP contribution < -0.4 is 4.90 Å². The summed E-state index contributed by atoms with van der Waals surface area (Å²) < 4.78 is 6.16. The third-order valence-electron chi connectivity index (χ3n) is 7.21. The number of allylic oxidation sites excluding steroid dienone is 3. The normalized spacial score (nSPS) is 23.3. The van der Waals surface area contributed by atoms with Crippen molar-refractivity contribution in [2.24, 2.45) is 0 Å². The molecule has 4 heteroatoms. The number of ether oxygens (including phenoxy) is 1. The van der Waals surface area contributed by atoms with Crippen LogP contribution in [0.2, 0.25) is 0 Å². The minimum atomic E-state index is -0.455. The summed E-state index contributed by atoms with van der Waals surface area (Å²) in [6.07, 6.45) is 8.82. The summed E-state index contributed by atoms with van der Waals surface area (Å²) in [7, 11) is 0. The van der Waals surface area contributed by atoms with Gasteiger partial charge in [0.05, 0.1) is 12.6 Å². The number of nitriles is 1. The van der Waals surface area contributed by atoms with E-state index in [-0.39, 0.29) is 24.0 Å². The fraction of sp³-hybridized carbons (Fsp3) is 0.517.